The van der Waals surface area contributed by atoms with Crippen molar-refractivity contribution in [1.29, 1.82) is 0 Å². The highest BCUT2D eigenvalue weighted by Gasteiger charge is 2.18. The smallest absolute Gasteiger partial charge is 0.215 e. The van der Waals surface area contributed by atoms with E-state index >= 15 is 0 Å². The number of nitrogens with one attached hydrogen (secondary N) is 2. The highest BCUT2D eigenvalue weighted by atomic mass is 32.2. The highest BCUT2D eigenvalue weighted by Crippen LogP contribution is 2.16. The summed E-state index contributed by atoms with van der Waals surface area (Å²) in [5.41, 5.74) is 1.88. The van der Waals surface area contributed by atoms with Crippen LogP contribution < -0.4 is 10.0 Å². The maximum atomic E-state index is 11.6. The van der Waals surface area contributed by atoms with Crippen LogP contribution in [0.5, 0.6) is 0 Å². The number of hydrogen-bond acceptors (Lipinski definition) is 3. The van der Waals surface area contributed by atoms with Crippen molar-refractivity contribution >= 4 is 16.0 Å². The second kappa shape index (κ2) is 8.48. The summed E-state index contributed by atoms with van der Waals surface area (Å²) in [4.78, 5) is 6.67. The average molecular weight is 353 g/mol. The fourth-order valence-electron chi connectivity index (χ4n) is 2.78. The first kappa shape index (κ1) is 18.7. The molecule has 7 heteroatoms. The van der Waals surface area contributed by atoms with Crippen molar-refractivity contribution in [2.45, 2.75) is 32.1 Å². The van der Waals surface area contributed by atoms with Crippen molar-refractivity contribution < 1.29 is 8.42 Å². The second-order valence-corrected chi connectivity index (χ2v) is 8.28. The Bertz CT molecular complexity index is 648. The molecule has 1 aliphatic rings. The standard InChI is InChI=1S/C17H28N4O2S/c1-14-8-10-21(11-9-14)17(18-2)20-12-15-4-6-16(7-5-15)13-24(22,23)19-3/h4-7,14,19H,8-13H2,1-3H3,(H,18,20). The van der Waals surface area contributed by atoms with Crippen molar-refractivity contribution in [3.8, 4) is 0 Å². The molecule has 0 aromatic heterocycles. The number of likely N-dealkylation sites (tertiary alicyclic amines) is 1. The zero-order valence-electron chi connectivity index (χ0n) is 14.7. The topological polar surface area (TPSA) is 73.8 Å². The van der Waals surface area contributed by atoms with Crippen molar-refractivity contribution in [3.05, 3.63) is 35.4 Å². The van der Waals surface area contributed by atoms with Crippen LogP contribution in [-0.2, 0) is 22.3 Å². The monoisotopic (exact) mass is 352 g/mol. The van der Waals surface area contributed by atoms with Gasteiger partial charge < -0.3 is 10.2 Å². The molecule has 0 saturated carbocycles. The molecule has 1 aliphatic heterocycles. The second-order valence-electron chi connectivity index (χ2n) is 6.35. The van der Waals surface area contributed by atoms with Crippen LogP contribution in [0.3, 0.4) is 0 Å². The predicted octanol–water partition coefficient (Wildman–Crippen LogP) is 1.54. The summed E-state index contributed by atoms with van der Waals surface area (Å²) in [7, 11) is 0.0172. The predicted molar refractivity (Wildman–Crippen MR) is 98.3 cm³/mol. The molecule has 1 aromatic rings. The molecule has 24 heavy (non-hydrogen) atoms. The van der Waals surface area contributed by atoms with Gasteiger partial charge in [-0.1, -0.05) is 31.2 Å². The zero-order valence-corrected chi connectivity index (χ0v) is 15.6. The summed E-state index contributed by atoms with van der Waals surface area (Å²) in [6.07, 6.45) is 2.41. The van der Waals surface area contributed by atoms with Gasteiger partial charge in [-0.2, -0.15) is 0 Å². The van der Waals surface area contributed by atoms with E-state index in [9.17, 15) is 8.42 Å². The quantitative estimate of drug-likeness (QED) is 0.623. The largest absolute Gasteiger partial charge is 0.352 e. The number of sulfonamides is 1. The minimum atomic E-state index is -3.23. The Morgan fingerprint density at radius 1 is 1.21 bits per heavy atom. The Labute approximate surface area is 145 Å². The van der Waals surface area contributed by atoms with E-state index in [1.807, 2.05) is 31.3 Å². The molecule has 6 nitrogen and oxygen atoms in total. The summed E-state index contributed by atoms with van der Waals surface area (Å²) in [5.74, 6) is 1.73. The first-order valence-electron chi connectivity index (χ1n) is 8.38. The molecule has 1 saturated heterocycles. The Morgan fingerprint density at radius 2 is 1.79 bits per heavy atom. The number of benzene rings is 1. The molecule has 1 heterocycles. The fourth-order valence-corrected chi connectivity index (χ4v) is 3.55. The number of guanidine groups is 1. The Balaban J connectivity index is 1.89. The molecular formula is C17H28N4O2S. The van der Waals surface area contributed by atoms with Crippen LogP contribution in [0.15, 0.2) is 29.3 Å². The van der Waals surface area contributed by atoms with Crippen LogP contribution in [0, 0.1) is 5.92 Å². The normalized spacial score (nSPS) is 17.1. The van der Waals surface area contributed by atoms with Crippen LogP contribution in [-0.4, -0.2) is 46.5 Å². The van der Waals surface area contributed by atoms with Gasteiger partial charge in [-0.15, -0.1) is 0 Å². The van der Waals surface area contributed by atoms with Crippen LogP contribution in [0.2, 0.25) is 0 Å². The number of rotatable bonds is 5. The van der Waals surface area contributed by atoms with E-state index in [0.717, 1.165) is 36.1 Å². The van der Waals surface area contributed by atoms with Crippen molar-refractivity contribution in [2.75, 3.05) is 27.2 Å². The molecule has 134 valence electrons. The lowest BCUT2D eigenvalue weighted by molar-refractivity contribution is 0.273. The summed E-state index contributed by atoms with van der Waals surface area (Å²) >= 11 is 0. The van der Waals surface area contributed by atoms with E-state index in [1.54, 1.807) is 0 Å². The SMILES string of the molecule is CN=C(NCc1ccc(CS(=O)(=O)NC)cc1)N1CCC(C)CC1. The van der Waals surface area contributed by atoms with Gasteiger partial charge >= 0.3 is 0 Å². The molecule has 0 unspecified atom stereocenters. The third kappa shape index (κ3) is 5.49. The van der Waals surface area contributed by atoms with E-state index in [2.05, 4.69) is 26.9 Å². The third-order valence-electron chi connectivity index (χ3n) is 4.44. The van der Waals surface area contributed by atoms with Crippen molar-refractivity contribution in [2.24, 2.45) is 10.9 Å². The van der Waals surface area contributed by atoms with E-state index in [-0.39, 0.29) is 5.75 Å². The third-order valence-corrected chi connectivity index (χ3v) is 5.77. The number of piperidine rings is 1. The van der Waals surface area contributed by atoms with Gasteiger partial charge in [0.05, 0.1) is 5.75 Å². The van der Waals surface area contributed by atoms with Crippen molar-refractivity contribution in [1.82, 2.24) is 14.9 Å². The molecule has 1 fully saturated rings. The lowest BCUT2D eigenvalue weighted by Crippen LogP contribution is -2.45. The minimum absolute atomic E-state index is 0.00480. The van der Waals surface area contributed by atoms with E-state index in [1.165, 1.54) is 19.9 Å². The van der Waals surface area contributed by atoms with Crippen LogP contribution in [0.4, 0.5) is 0 Å². The van der Waals surface area contributed by atoms with Gasteiger partial charge in [-0.05, 0) is 36.9 Å². The molecule has 0 atom stereocenters. The lowest BCUT2D eigenvalue weighted by Gasteiger charge is -2.32. The number of aliphatic imine (C=N–C) groups is 1. The van der Waals surface area contributed by atoms with Crippen LogP contribution in [0.25, 0.3) is 0 Å². The van der Waals surface area contributed by atoms with Crippen LogP contribution in [0.1, 0.15) is 30.9 Å². The molecule has 0 radical (unpaired) electrons. The van der Waals surface area contributed by atoms with Crippen LogP contribution >= 0.6 is 0 Å². The van der Waals surface area contributed by atoms with Gasteiger partial charge in [0.25, 0.3) is 0 Å². The fraction of sp³-hybridized carbons (Fsp3) is 0.588. The maximum Gasteiger partial charge on any atom is 0.215 e. The van der Waals surface area contributed by atoms with E-state index in [4.69, 9.17) is 0 Å². The molecule has 0 bridgehead atoms. The van der Waals surface area contributed by atoms with E-state index in [0.29, 0.717) is 6.54 Å². The highest BCUT2D eigenvalue weighted by molar-refractivity contribution is 7.88. The molecule has 0 aliphatic carbocycles. The Kier molecular flexibility index (Phi) is 6.62. The lowest BCUT2D eigenvalue weighted by atomic mass is 9.99. The van der Waals surface area contributed by atoms with Gasteiger partial charge in [0.15, 0.2) is 5.96 Å². The molecule has 0 spiro atoms. The average Bonchev–Trinajstić information content (AvgIpc) is 2.58. The van der Waals surface area contributed by atoms with Gasteiger partial charge in [0, 0.05) is 26.7 Å². The minimum Gasteiger partial charge on any atom is -0.352 e. The van der Waals surface area contributed by atoms with Gasteiger partial charge in [0.1, 0.15) is 0 Å². The summed E-state index contributed by atoms with van der Waals surface area (Å²) < 4.78 is 25.5. The molecule has 2 N–H and O–H groups in total. The summed E-state index contributed by atoms with van der Waals surface area (Å²) in [6, 6.07) is 7.63. The number of nitrogens with zero attached hydrogens (tertiary/aromatic N) is 2. The Hall–Kier alpha value is -1.60. The number of hydrogen-bond donors (Lipinski definition) is 2. The Morgan fingerprint density at radius 3 is 2.33 bits per heavy atom. The first-order valence-corrected chi connectivity index (χ1v) is 10.0. The zero-order chi connectivity index (χ0) is 17.6. The van der Waals surface area contributed by atoms with Crippen molar-refractivity contribution in [3.63, 3.8) is 0 Å². The van der Waals surface area contributed by atoms with E-state index < -0.39 is 10.0 Å². The maximum absolute atomic E-state index is 11.6. The van der Waals surface area contributed by atoms with Gasteiger partial charge in [-0.3, -0.25) is 4.99 Å². The molecule has 1 aromatic carbocycles. The first-order chi connectivity index (χ1) is 11.4. The van der Waals surface area contributed by atoms with Gasteiger partial charge in [-0.25, -0.2) is 13.1 Å². The summed E-state index contributed by atoms with van der Waals surface area (Å²) in [6.45, 7) is 5.06. The molecule has 2 rings (SSSR count). The van der Waals surface area contributed by atoms with Gasteiger partial charge in [0.2, 0.25) is 10.0 Å². The molecular weight excluding hydrogens is 324 g/mol. The summed E-state index contributed by atoms with van der Waals surface area (Å²) in [5, 5.41) is 3.39. The molecule has 0 amide bonds.